The molecule has 0 amide bonds. The molecule has 0 aliphatic heterocycles. The van der Waals surface area contributed by atoms with Crippen LogP contribution in [-0.4, -0.2) is 48.6 Å². The predicted molar refractivity (Wildman–Crippen MR) is 40.7 cm³/mol. The van der Waals surface area contributed by atoms with E-state index >= 15 is 0 Å². The Kier molecular flexibility index (Phi) is 5.01. The molecule has 0 bridgehead atoms. The molecule has 2 unspecified atom stereocenters. The Hall–Kier alpha value is -1.14. The maximum Gasteiger partial charge on any atom is 0.334 e. The highest BCUT2D eigenvalue weighted by Crippen LogP contribution is 2.01. The Balaban J connectivity index is 3.98. The van der Waals surface area contributed by atoms with E-state index in [0.29, 0.717) is 0 Å². The summed E-state index contributed by atoms with van der Waals surface area (Å²) in [5.41, 5.74) is 0. The lowest BCUT2D eigenvalue weighted by Crippen LogP contribution is -2.31. The summed E-state index contributed by atoms with van der Waals surface area (Å²) in [6.07, 6.45) is -3.46. The van der Waals surface area contributed by atoms with Crippen LogP contribution in [0.1, 0.15) is 6.42 Å². The number of aliphatic hydroxyl groups excluding tert-OH is 2. The highest BCUT2D eigenvalue weighted by molar-refractivity contribution is 5.78. The maximum absolute atomic E-state index is 10.6. The van der Waals surface area contributed by atoms with Gasteiger partial charge in [-0.1, -0.05) is 0 Å². The number of esters is 2. The van der Waals surface area contributed by atoms with E-state index in [1.165, 1.54) is 0 Å². The fourth-order valence-electron chi connectivity index (χ4n) is 0.676. The zero-order valence-electron chi connectivity index (χ0n) is 7.39. The molecular formula is C7H12O6. The number of methoxy groups -OCH3 is 2. The van der Waals surface area contributed by atoms with Crippen LogP contribution in [0.2, 0.25) is 0 Å². The molecule has 0 aromatic carbocycles. The van der Waals surface area contributed by atoms with Crippen molar-refractivity contribution in [1.82, 2.24) is 0 Å². The van der Waals surface area contributed by atoms with Crippen LogP contribution in [0.25, 0.3) is 0 Å². The number of carbonyl (C=O) groups excluding carboxylic acids is 2. The number of hydrogen-bond acceptors (Lipinski definition) is 6. The van der Waals surface area contributed by atoms with E-state index in [0.717, 1.165) is 14.2 Å². The minimum atomic E-state index is -1.51. The molecule has 0 aliphatic carbocycles. The van der Waals surface area contributed by atoms with Crippen LogP contribution in [0.15, 0.2) is 0 Å². The Bertz CT molecular complexity index is 169. The highest BCUT2D eigenvalue weighted by Gasteiger charge is 2.24. The summed E-state index contributed by atoms with van der Waals surface area (Å²) in [5.74, 6) is -1.80. The van der Waals surface area contributed by atoms with Crippen LogP contribution in [-0.2, 0) is 19.1 Å². The minimum absolute atomic E-state index is 0.431. The smallest absolute Gasteiger partial charge is 0.334 e. The highest BCUT2D eigenvalue weighted by atomic mass is 16.5. The lowest BCUT2D eigenvalue weighted by Gasteiger charge is -2.11. The Labute approximate surface area is 75.1 Å². The first-order chi connectivity index (χ1) is 6.02. The van der Waals surface area contributed by atoms with Crippen molar-refractivity contribution in [3.63, 3.8) is 0 Å². The van der Waals surface area contributed by atoms with Gasteiger partial charge in [-0.3, -0.25) is 0 Å². The molecule has 2 N–H and O–H groups in total. The van der Waals surface area contributed by atoms with Crippen molar-refractivity contribution in [2.45, 2.75) is 18.6 Å². The average molecular weight is 192 g/mol. The van der Waals surface area contributed by atoms with Gasteiger partial charge in [0.25, 0.3) is 0 Å². The van der Waals surface area contributed by atoms with Gasteiger partial charge in [-0.05, 0) is 0 Å². The van der Waals surface area contributed by atoms with Crippen LogP contribution < -0.4 is 0 Å². The minimum Gasteiger partial charge on any atom is -0.467 e. The standard InChI is InChI=1S/C7H12O6/c1-12-6(10)4(8)3-5(9)7(11)13-2/h4-5,8-9H,3H2,1-2H3. The van der Waals surface area contributed by atoms with Crippen LogP contribution >= 0.6 is 0 Å². The van der Waals surface area contributed by atoms with Gasteiger partial charge in [0.2, 0.25) is 0 Å². The first-order valence-electron chi connectivity index (χ1n) is 3.54. The summed E-state index contributed by atoms with van der Waals surface area (Å²) in [6, 6.07) is 0. The van der Waals surface area contributed by atoms with Gasteiger partial charge in [-0.25, -0.2) is 9.59 Å². The van der Waals surface area contributed by atoms with Gasteiger partial charge in [-0.2, -0.15) is 0 Å². The third-order valence-corrected chi connectivity index (χ3v) is 1.39. The van der Waals surface area contributed by atoms with Gasteiger partial charge in [-0.15, -0.1) is 0 Å². The van der Waals surface area contributed by atoms with Gasteiger partial charge in [0.05, 0.1) is 14.2 Å². The van der Waals surface area contributed by atoms with Gasteiger partial charge >= 0.3 is 11.9 Å². The van der Waals surface area contributed by atoms with Crippen molar-refractivity contribution in [3.05, 3.63) is 0 Å². The molecule has 76 valence electrons. The van der Waals surface area contributed by atoms with Crippen LogP contribution in [0.4, 0.5) is 0 Å². The van der Waals surface area contributed by atoms with Crippen LogP contribution in [0.5, 0.6) is 0 Å². The molecule has 0 rings (SSSR count). The lowest BCUT2D eigenvalue weighted by atomic mass is 10.1. The fourth-order valence-corrected chi connectivity index (χ4v) is 0.676. The second-order valence-corrected chi connectivity index (χ2v) is 2.31. The number of carbonyl (C=O) groups is 2. The zero-order chi connectivity index (χ0) is 10.4. The fraction of sp³-hybridized carbons (Fsp3) is 0.714. The van der Waals surface area contributed by atoms with E-state index in [1.54, 1.807) is 0 Å². The summed E-state index contributed by atoms with van der Waals surface area (Å²) in [7, 11) is 2.19. The second-order valence-electron chi connectivity index (χ2n) is 2.31. The molecule has 6 nitrogen and oxygen atoms in total. The molecule has 0 spiro atoms. The van der Waals surface area contributed by atoms with Gasteiger partial charge in [0.1, 0.15) is 0 Å². The molecular weight excluding hydrogens is 180 g/mol. The van der Waals surface area contributed by atoms with Gasteiger partial charge < -0.3 is 19.7 Å². The molecule has 0 aliphatic rings. The quantitative estimate of drug-likeness (QED) is 0.523. The first-order valence-corrected chi connectivity index (χ1v) is 3.54. The molecule has 6 heteroatoms. The van der Waals surface area contributed by atoms with Crippen molar-refractivity contribution < 1.29 is 29.3 Å². The Morgan fingerprint density at radius 3 is 1.62 bits per heavy atom. The molecule has 0 saturated carbocycles. The van der Waals surface area contributed by atoms with Crippen molar-refractivity contribution in [2.24, 2.45) is 0 Å². The van der Waals surface area contributed by atoms with E-state index in [-0.39, 0.29) is 0 Å². The SMILES string of the molecule is COC(=O)C(O)CC(O)C(=O)OC. The van der Waals surface area contributed by atoms with Crippen molar-refractivity contribution in [1.29, 1.82) is 0 Å². The summed E-state index contributed by atoms with van der Waals surface area (Å²) >= 11 is 0. The molecule has 0 heterocycles. The topological polar surface area (TPSA) is 93.1 Å². The van der Waals surface area contributed by atoms with E-state index < -0.39 is 30.6 Å². The molecule has 13 heavy (non-hydrogen) atoms. The van der Waals surface area contributed by atoms with Crippen LogP contribution in [0.3, 0.4) is 0 Å². The number of aliphatic hydroxyl groups is 2. The van der Waals surface area contributed by atoms with E-state index in [4.69, 9.17) is 10.2 Å². The van der Waals surface area contributed by atoms with E-state index in [1.807, 2.05) is 0 Å². The van der Waals surface area contributed by atoms with Crippen LogP contribution in [0, 0.1) is 0 Å². The van der Waals surface area contributed by atoms with E-state index in [2.05, 4.69) is 9.47 Å². The second kappa shape index (κ2) is 5.50. The third kappa shape index (κ3) is 3.86. The summed E-state index contributed by atoms with van der Waals surface area (Å²) in [5, 5.41) is 18.0. The Morgan fingerprint density at radius 1 is 1.08 bits per heavy atom. The number of hydrogen-bond donors (Lipinski definition) is 2. The monoisotopic (exact) mass is 192 g/mol. The number of rotatable bonds is 4. The van der Waals surface area contributed by atoms with Crippen molar-refractivity contribution in [2.75, 3.05) is 14.2 Å². The van der Waals surface area contributed by atoms with Crippen molar-refractivity contribution in [3.8, 4) is 0 Å². The number of ether oxygens (including phenoxy) is 2. The predicted octanol–water partition coefficient (Wildman–Crippen LogP) is -1.56. The molecule has 2 atom stereocenters. The zero-order valence-corrected chi connectivity index (χ0v) is 7.39. The summed E-state index contributed by atoms with van der Waals surface area (Å²) in [6.45, 7) is 0. The molecule has 0 radical (unpaired) electrons. The summed E-state index contributed by atoms with van der Waals surface area (Å²) in [4.78, 5) is 21.2. The average Bonchev–Trinajstić information content (AvgIpc) is 2.14. The van der Waals surface area contributed by atoms with Gasteiger partial charge in [0, 0.05) is 6.42 Å². The molecule has 0 fully saturated rings. The van der Waals surface area contributed by atoms with E-state index in [9.17, 15) is 9.59 Å². The van der Waals surface area contributed by atoms with Gasteiger partial charge in [0.15, 0.2) is 12.2 Å². The third-order valence-electron chi connectivity index (χ3n) is 1.39. The maximum atomic E-state index is 10.6. The lowest BCUT2D eigenvalue weighted by molar-refractivity contribution is -0.157. The first kappa shape index (κ1) is 11.9. The Morgan fingerprint density at radius 2 is 1.38 bits per heavy atom. The summed E-state index contributed by atoms with van der Waals surface area (Å²) < 4.78 is 8.35. The molecule has 0 aromatic heterocycles. The largest absolute Gasteiger partial charge is 0.467 e. The normalized spacial score (nSPS) is 14.5. The molecule has 0 saturated heterocycles. The molecule has 0 aromatic rings. The van der Waals surface area contributed by atoms with Crippen molar-refractivity contribution >= 4 is 11.9 Å².